The van der Waals surface area contributed by atoms with E-state index in [2.05, 4.69) is 17.6 Å². The molecule has 1 saturated carbocycles. The third kappa shape index (κ3) is 4.13. The van der Waals surface area contributed by atoms with Crippen LogP contribution in [0.15, 0.2) is 24.3 Å². The Hall–Kier alpha value is -2.37. The highest BCUT2D eigenvalue weighted by molar-refractivity contribution is 5.98. The van der Waals surface area contributed by atoms with Crippen molar-refractivity contribution >= 4 is 23.5 Å². The topological polar surface area (TPSA) is 95.5 Å². The number of carboxylic acid groups (broad SMARTS) is 1. The predicted molar refractivity (Wildman–Crippen MR) is 90.8 cm³/mol. The third-order valence-electron chi connectivity index (χ3n) is 4.77. The van der Waals surface area contributed by atoms with Crippen LogP contribution < -0.4 is 10.6 Å². The van der Waals surface area contributed by atoms with E-state index in [4.69, 9.17) is 0 Å². The highest BCUT2D eigenvalue weighted by atomic mass is 16.4. The van der Waals surface area contributed by atoms with Gasteiger partial charge < -0.3 is 15.7 Å². The summed E-state index contributed by atoms with van der Waals surface area (Å²) in [6.45, 7) is 3.51. The lowest BCUT2D eigenvalue weighted by Gasteiger charge is -2.37. The van der Waals surface area contributed by atoms with Gasteiger partial charge in [-0.3, -0.25) is 9.59 Å². The minimum absolute atomic E-state index is 0.190. The van der Waals surface area contributed by atoms with Crippen molar-refractivity contribution < 1.29 is 19.5 Å². The molecule has 1 aromatic rings. The Bertz CT molecular complexity index is 616. The van der Waals surface area contributed by atoms with Crippen molar-refractivity contribution in [1.29, 1.82) is 0 Å². The van der Waals surface area contributed by atoms with E-state index in [1.807, 2.05) is 0 Å². The second-order valence-electron chi connectivity index (χ2n) is 6.45. The number of aliphatic carboxylic acids is 1. The number of benzene rings is 1. The van der Waals surface area contributed by atoms with Crippen LogP contribution in [0.5, 0.6) is 0 Å². The molecule has 6 nitrogen and oxygen atoms in total. The molecule has 0 unspecified atom stereocenters. The first-order valence-electron chi connectivity index (χ1n) is 8.30. The summed E-state index contributed by atoms with van der Waals surface area (Å²) in [4.78, 5) is 35.2. The predicted octanol–water partition coefficient (Wildman–Crippen LogP) is 2.80. The van der Waals surface area contributed by atoms with E-state index >= 15 is 0 Å². The van der Waals surface area contributed by atoms with E-state index in [0.29, 0.717) is 30.0 Å². The normalized spacial score (nSPS) is 23.3. The van der Waals surface area contributed by atoms with Crippen molar-refractivity contribution in [2.24, 2.45) is 5.92 Å². The number of carboxylic acids is 1. The zero-order valence-electron chi connectivity index (χ0n) is 14.1. The van der Waals surface area contributed by atoms with Crippen LogP contribution in [-0.4, -0.2) is 28.4 Å². The highest BCUT2D eigenvalue weighted by Crippen LogP contribution is 2.34. The monoisotopic (exact) mass is 332 g/mol. The minimum Gasteiger partial charge on any atom is -0.480 e. The lowest BCUT2D eigenvalue weighted by Crippen LogP contribution is -2.56. The number of nitrogens with one attached hydrogen (secondary N) is 2. The smallest absolute Gasteiger partial charge is 0.329 e. The van der Waals surface area contributed by atoms with Crippen molar-refractivity contribution in [2.75, 3.05) is 5.32 Å². The zero-order valence-corrected chi connectivity index (χ0v) is 14.1. The summed E-state index contributed by atoms with van der Waals surface area (Å²) in [7, 11) is 0. The van der Waals surface area contributed by atoms with Gasteiger partial charge in [0, 0.05) is 18.2 Å². The molecule has 3 N–H and O–H groups in total. The lowest BCUT2D eigenvalue weighted by atomic mass is 9.75. The summed E-state index contributed by atoms with van der Waals surface area (Å²) in [5.74, 6) is -1.03. The molecule has 1 aliphatic carbocycles. The van der Waals surface area contributed by atoms with E-state index in [-0.39, 0.29) is 5.91 Å². The Labute approximate surface area is 141 Å². The van der Waals surface area contributed by atoms with E-state index in [1.165, 1.54) is 6.92 Å². The maximum Gasteiger partial charge on any atom is 0.329 e. The Morgan fingerprint density at radius 1 is 1.17 bits per heavy atom. The van der Waals surface area contributed by atoms with Gasteiger partial charge in [-0.25, -0.2) is 4.79 Å². The second-order valence-corrected chi connectivity index (χ2v) is 6.45. The number of rotatable bonds is 5. The molecule has 0 atom stereocenters. The first kappa shape index (κ1) is 18.0. The maximum absolute atomic E-state index is 12.4. The van der Waals surface area contributed by atoms with Crippen molar-refractivity contribution in [1.82, 2.24) is 5.32 Å². The molecule has 0 bridgehead atoms. The standard InChI is InChI=1S/C18H24N2O4/c1-3-13-8-10-18(11-9-13,17(23)24)20-16(22)14-4-6-15(7-5-14)19-12(2)21/h4-7,13H,3,8-11H2,1-2H3,(H,19,21)(H,20,22)(H,23,24). The van der Waals surface area contributed by atoms with Gasteiger partial charge in [0.2, 0.25) is 5.91 Å². The molecule has 0 saturated heterocycles. The van der Waals surface area contributed by atoms with Gasteiger partial charge in [-0.15, -0.1) is 0 Å². The van der Waals surface area contributed by atoms with Crippen LogP contribution in [0.4, 0.5) is 5.69 Å². The van der Waals surface area contributed by atoms with E-state index in [0.717, 1.165) is 19.3 Å². The van der Waals surface area contributed by atoms with Crippen LogP contribution in [-0.2, 0) is 9.59 Å². The second kappa shape index (κ2) is 7.47. The molecular weight excluding hydrogens is 308 g/mol. The van der Waals surface area contributed by atoms with Crippen molar-refractivity contribution in [3.63, 3.8) is 0 Å². The molecule has 0 radical (unpaired) electrons. The van der Waals surface area contributed by atoms with Crippen LogP contribution >= 0.6 is 0 Å². The summed E-state index contributed by atoms with van der Waals surface area (Å²) in [6, 6.07) is 6.40. The largest absolute Gasteiger partial charge is 0.480 e. The maximum atomic E-state index is 12.4. The third-order valence-corrected chi connectivity index (χ3v) is 4.77. The molecule has 1 aliphatic rings. The molecule has 1 fully saturated rings. The average molecular weight is 332 g/mol. The van der Waals surface area contributed by atoms with E-state index in [9.17, 15) is 19.5 Å². The Morgan fingerprint density at radius 2 is 1.75 bits per heavy atom. The van der Waals surface area contributed by atoms with Gasteiger partial charge in [0.25, 0.3) is 5.91 Å². The quantitative estimate of drug-likeness (QED) is 0.772. The molecule has 2 amide bonds. The first-order chi connectivity index (χ1) is 11.4. The molecule has 0 aromatic heterocycles. The molecule has 0 aliphatic heterocycles. The van der Waals surface area contributed by atoms with Gasteiger partial charge in [-0.2, -0.15) is 0 Å². The highest BCUT2D eigenvalue weighted by Gasteiger charge is 2.43. The van der Waals surface area contributed by atoms with Gasteiger partial charge in [-0.1, -0.05) is 13.3 Å². The van der Waals surface area contributed by atoms with Gasteiger partial charge in [0.15, 0.2) is 0 Å². The fourth-order valence-corrected chi connectivity index (χ4v) is 3.17. The Kier molecular flexibility index (Phi) is 5.59. The first-order valence-corrected chi connectivity index (χ1v) is 8.30. The molecule has 1 aromatic carbocycles. The number of carbonyl (C=O) groups is 3. The van der Waals surface area contributed by atoms with Crippen LogP contribution in [0, 0.1) is 5.92 Å². The van der Waals surface area contributed by atoms with Crippen molar-refractivity contribution in [3.05, 3.63) is 29.8 Å². The molecule has 24 heavy (non-hydrogen) atoms. The molecule has 2 rings (SSSR count). The van der Waals surface area contributed by atoms with Crippen LogP contribution in [0.1, 0.15) is 56.3 Å². The number of anilines is 1. The summed E-state index contributed by atoms with van der Waals surface area (Å²) >= 11 is 0. The lowest BCUT2D eigenvalue weighted by molar-refractivity contribution is -0.146. The van der Waals surface area contributed by atoms with Gasteiger partial charge in [0.05, 0.1) is 0 Å². The summed E-state index contributed by atoms with van der Waals surface area (Å²) in [6.07, 6.45) is 3.57. The van der Waals surface area contributed by atoms with E-state index < -0.39 is 17.4 Å². The molecule has 6 heteroatoms. The summed E-state index contributed by atoms with van der Waals surface area (Å²) in [5.41, 5.74) is -0.211. The van der Waals surface area contributed by atoms with Gasteiger partial charge in [0.1, 0.15) is 5.54 Å². The number of amides is 2. The fourth-order valence-electron chi connectivity index (χ4n) is 3.17. The summed E-state index contributed by atoms with van der Waals surface area (Å²) < 4.78 is 0. The Balaban J connectivity index is 2.08. The molecule has 0 heterocycles. The number of carbonyl (C=O) groups excluding carboxylic acids is 2. The number of hydrogen-bond acceptors (Lipinski definition) is 3. The SMILES string of the molecule is CCC1CCC(NC(=O)c2ccc(NC(C)=O)cc2)(C(=O)O)CC1. The van der Waals surface area contributed by atoms with E-state index in [1.54, 1.807) is 24.3 Å². The van der Waals surface area contributed by atoms with Crippen molar-refractivity contribution in [2.45, 2.75) is 51.5 Å². The average Bonchev–Trinajstić information content (AvgIpc) is 2.55. The number of hydrogen-bond donors (Lipinski definition) is 3. The molecular formula is C18H24N2O4. The minimum atomic E-state index is -1.18. The molecule has 130 valence electrons. The van der Waals surface area contributed by atoms with Crippen LogP contribution in [0.25, 0.3) is 0 Å². The van der Waals surface area contributed by atoms with Crippen molar-refractivity contribution in [3.8, 4) is 0 Å². The van der Waals surface area contributed by atoms with Crippen LogP contribution in [0.3, 0.4) is 0 Å². The van der Waals surface area contributed by atoms with Gasteiger partial charge >= 0.3 is 5.97 Å². The van der Waals surface area contributed by atoms with Gasteiger partial charge in [-0.05, 0) is 55.9 Å². The Morgan fingerprint density at radius 3 is 2.21 bits per heavy atom. The summed E-state index contributed by atoms with van der Waals surface area (Å²) in [5, 5.41) is 15.0. The zero-order chi connectivity index (χ0) is 17.7. The van der Waals surface area contributed by atoms with Crippen LogP contribution in [0.2, 0.25) is 0 Å². The fraction of sp³-hybridized carbons (Fsp3) is 0.500. The molecule has 0 spiro atoms.